The maximum atomic E-state index is 6.28. The van der Waals surface area contributed by atoms with Gasteiger partial charge < -0.3 is 10.2 Å². The zero-order valence-corrected chi connectivity index (χ0v) is 12.8. The Labute approximate surface area is 121 Å². The molecule has 1 aliphatic rings. The Morgan fingerprint density at radius 3 is 2.74 bits per heavy atom. The van der Waals surface area contributed by atoms with Gasteiger partial charge in [0, 0.05) is 36.7 Å². The van der Waals surface area contributed by atoms with Crippen LogP contribution in [-0.2, 0) is 6.42 Å². The predicted molar refractivity (Wildman–Crippen MR) is 81.9 cm³/mol. The molecule has 2 rings (SSSR count). The lowest BCUT2D eigenvalue weighted by Gasteiger charge is -2.42. The van der Waals surface area contributed by atoms with Gasteiger partial charge in [-0.25, -0.2) is 0 Å². The van der Waals surface area contributed by atoms with Gasteiger partial charge in [-0.2, -0.15) is 0 Å². The monoisotopic (exact) mass is 281 g/mol. The molecule has 0 radical (unpaired) electrons. The van der Waals surface area contributed by atoms with E-state index in [0.29, 0.717) is 12.1 Å². The van der Waals surface area contributed by atoms with Crippen LogP contribution >= 0.6 is 11.6 Å². The van der Waals surface area contributed by atoms with Gasteiger partial charge in [0.2, 0.25) is 0 Å². The van der Waals surface area contributed by atoms with E-state index < -0.39 is 0 Å². The minimum absolute atomic E-state index is 0.424. The highest BCUT2D eigenvalue weighted by Gasteiger charge is 2.29. The van der Waals surface area contributed by atoms with Gasteiger partial charge in [-0.1, -0.05) is 29.8 Å². The van der Waals surface area contributed by atoms with Crippen LogP contribution in [0.4, 0.5) is 0 Å². The summed E-state index contributed by atoms with van der Waals surface area (Å²) in [6, 6.07) is 9.10. The molecule has 19 heavy (non-hydrogen) atoms. The first-order chi connectivity index (χ1) is 9.11. The van der Waals surface area contributed by atoms with E-state index in [2.05, 4.69) is 41.3 Å². The SMILES string of the molecule is CNC(Cc1ccccc1Cl)C1CN(C)CCN1C. The van der Waals surface area contributed by atoms with Crippen molar-refractivity contribution in [3.8, 4) is 0 Å². The van der Waals surface area contributed by atoms with Crippen molar-refractivity contribution in [2.24, 2.45) is 0 Å². The van der Waals surface area contributed by atoms with Crippen LogP contribution in [0.3, 0.4) is 0 Å². The molecule has 0 aromatic heterocycles. The Bertz CT molecular complexity index is 410. The summed E-state index contributed by atoms with van der Waals surface area (Å²) in [7, 11) is 6.46. The van der Waals surface area contributed by atoms with Crippen LogP contribution in [-0.4, -0.2) is 62.7 Å². The van der Waals surface area contributed by atoms with Gasteiger partial charge in [0.1, 0.15) is 0 Å². The lowest BCUT2D eigenvalue weighted by atomic mass is 9.96. The zero-order chi connectivity index (χ0) is 13.8. The topological polar surface area (TPSA) is 18.5 Å². The lowest BCUT2D eigenvalue weighted by molar-refractivity contribution is 0.0897. The second-order valence-electron chi connectivity index (χ2n) is 5.50. The van der Waals surface area contributed by atoms with Crippen LogP contribution < -0.4 is 5.32 Å². The van der Waals surface area contributed by atoms with Crippen molar-refractivity contribution in [1.29, 1.82) is 0 Å². The van der Waals surface area contributed by atoms with Gasteiger partial charge in [0.05, 0.1) is 0 Å². The molecule has 0 spiro atoms. The van der Waals surface area contributed by atoms with Crippen LogP contribution in [0.15, 0.2) is 24.3 Å². The van der Waals surface area contributed by atoms with Crippen LogP contribution in [0, 0.1) is 0 Å². The standard InChI is InChI=1S/C15H24ClN3/c1-17-14(10-12-6-4-5-7-13(12)16)15-11-18(2)8-9-19(15)3/h4-7,14-15,17H,8-11H2,1-3H3. The third-order valence-corrected chi connectivity index (χ3v) is 4.50. The van der Waals surface area contributed by atoms with Crippen molar-refractivity contribution in [3.63, 3.8) is 0 Å². The molecule has 0 aliphatic carbocycles. The summed E-state index contributed by atoms with van der Waals surface area (Å²) in [6.07, 6.45) is 0.971. The molecule has 0 bridgehead atoms. The molecule has 3 nitrogen and oxygen atoms in total. The summed E-state index contributed by atoms with van der Waals surface area (Å²) < 4.78 is 0. The van der Waals surface area contributed by atoms with Crippen molar-refractivity contribution >= 4 is 11.6 Å². The van der Waals surface area contributed by atoms with E-state index in [0.717, 1.165) is 31.1 Å². The van der Waals surface area contributed by atoms with E-state index in [1.807, 2.05) is 19.2 Å². The number of nitrogens with one attached hydrogen (secondary N) is 1. The smallest absolute Gasteiger partial charge is 0.0438 e. The fourth-order valence-corrected chi connectivity index (χ4v) is 3.02. The molecule has 2 unspecified atom stereocenters. The Morgan fingerprint density at radius 2 is 2.05 bits per heavy atom. The highest BCUT2D eigenvalue weighted by molar-refractivity contribution is 6.31. The Hall–Kier alpha value is -0.610. The predicted octanol–water partition coefficient (Wildman–Crippen LogP) is 1.72. The second-order valence-corrected chi connectivity index (χ2v) is 5.91. The Balaban J connectivity index is 2.09. The van der Waals surface area contributed by atoms with E-state index >= 15 is 0 Å². The van der Waals surface area contributed by atoms with Crippen LogP contribution in [0.2, 0.25) is 5.02 Å². The molecule has 4 heteroatoms. The Morgan fingerprint density at radius 1 is 1.32 bits per heavy atom. The molecule has 1 saturated heterocycles. The minimum Gasteiger partial charge on any atom is -0.315 e. The summed E-state index contributed by atoms with van der Waals surface area (Å²) in [5.74, 6) is 0. The molecule has 1 aromatic carbocycles. The van der Waals surface area contributed by atoms with Crippen molar-refractivity contribution in [2.75, 3.05) is 40.8 Å². The highest BCUT2D eigenvalue weighted by Crippen LogP contribution is 2.20. The number of rotatable bonds is 4. The molecule has 1 aromatic rings. The molecular formula is C15H24ClN3. The summed E-state index contributed by atoms with van der Waals surface area (Å²) in [5, 5.41) is 4.34. The first-order valence-electron chi connectivity index (χ1n) is 6.91. The lowest BCUT2D eigenvalue weighted by Crippen LogP contribution is -2.58. The summed E-state index contributed by atoms with van der Waals surface area (Å²) in [5.41, 5.74) is 1.23. The van der Waals surface area contributed by atoms with Crippen molar-refractivity contribution < 1.29 is 0 Å². The molecule has 0 amide bonds. The van der Waals surface area contributed by atoms with E-state index in [1.165, 1.54) is 5.56 Å². The van der Waals surface area contributed by atoms with Gasteiger partial charge in [-0.05, 0) is 39.2 Å². The molecule has 1 N–H and O–H groups in total. The largest absolute Gasteiger partial charge is 0.315 e. The van der Waals surface area contributed by atoms with E-state index in [9.17, 15) is 0 Å². The fourth-order valence-electron chi connectivity index (χ4n) is 2.81. The van der Waals surface area contributed by atoms with Gasteiger partial charge >= 0.3 is 0 Å². The number of hydrogen-bond donors (Lipinski definition) is 1. The number of nitrogens with zero attached hydrogens (tertiary/aromatic N) is 2. The van der Waals surface area contributed by atoms with Crippen molar-refractivity contribution in [1.82, 2.24) is 15.1 Å². The molecule has 2 atom stereocenters. The number of piperazine rings is 1. The second kappa shape index (κ2) is 6.71. The van der Waals surface area contributed by atoms with Crippen molar-refractivity contribution in [3.05, 3.63) is 34.9 Å². The number of likely N-dealkylation sites (N-methyl/N-ethyl adjacent to an activating group) is 3. The maximum Gasteiger partial charge on any atom is 0.0438 e. The number of hydrogen-bond acceptors (Lipinski definition) is 3. The molecule has 106 valence electrons. The summed E-state index contributed by atoms with van der Waals surface area (Å²) in [6.45, 7) is 3.38. The molecular weight excluding hydrogens is 258 g/mol. The quantitative estimate of drug-likeness (QED) is 0.907. The zero-order valence-electron chi connectivity index (χ0n) is 12.1. The third kappa shape index (κ3) is 3.69. The molecule has 0 saturated carbocycles. The normalized spacial score (nSPS) is 23.5. The van der Waals surface area contributed by atoms with E-state index in [-0.39, 0.29) is 0 Å². The highest BCUT2D eigenvalue weighted by atomic mass is 35.5. The summed E-state index contributed by atoms with van der Waals surface area (Å²) >= 11 is 6.28. The molecule has 1 fully saturated rings. The molecule has 1 heterocycles. The van der Waals surface area contributed by atoms with Gasteiger partial charge in [-0.15, -0.1) is 0 Å². The van der Waals surface area contributed by atoms with Gasteiger partial charge in [-0.3, -0.25) is 4.90 Å². The van der Waals surface area contributed by atoms with Crippen LogP contribution in [0.5, 0.6) is 0 Å². The van der Waals surface area contributed by atoms with Gasteiger partial charge in [0.25, 0.3) is 0 Å². The Kier molecular flexibility index (Phi) is 5.22. The first kappa shape index (κ1) is 14.8. The van der Waals surface area contributed by atoms with E-state index in [4.69, 9.17) is 11.6 Å². The van der Waals surface area contributed by atoms with Crippen LogP contribution in [0.1, 0.15) is 5.56 Å². The fraction of sp³-hybridized carbons (Fsp3) is 0.600. The first-order valence-corrected chi connectivity index (χ1v) is 7.29. The third-order valence-electron chi connectivity index (χ3n) is 4.13. The summed E-state index contributed by atoms with van der Waals surface area (Å²) in [4.78, 5) is 4.86. The van der Waals surface area contributed by atoms with Crippen molar-refractivity contribution in [2.45, 2.75) is 18.5 Å². The minimum atomic E-state index is 0.424. The number of benzene rings is 1. The maximum absolute atomic E-state index is 6.28. The average molecular weight is 282 g/mol. The van der Waals surface area contributed by atoms with Gasteiger partial charge in [0.15, 0.2) is 0 Å². The number of halogens is 1. The van der Waals surface area contributed by atoms with E-state index in [1.54, 1.807) is 0 Å². The molecule has 1 aliphatic heterocycles. The average Bonchev–Trinajstić information content (AvgIpc) is 2.41. The van der Waals surface area contributed by atoms with Crippen LogP contribution in [0.25, 0.3) is 0 Å².